The van der Waals surface area contributed by atoms with Crippen molar-refractivity contribution in [3.8, 4) is 34.8 Å². The Bertz CT molecular complexity index is 3530. The molecule has 0 N–H and O–H groups in total. The van der Waals surface area contributed by atoms with Crippen LogP contribution < -0.4 is 0 Å². The average Bonchev–Trinajstić information content (AvgIpc) is 1.65. The van der Waals surface area contributed by atoms with Crippen LogP contribution in [0, 0.1) is 23.7 Å². The molecular weight excluding hydrogens is 649 g/mol. The number of hydrogen-bond acceptors (Lipinski definition) is 0. The summed E-state index contributed by atoms with van der Waals surface area (Å²) in [5.74, 6) is 10.9. The number of benzene rings is 8. The Hall–Kier alpha value is -7.12. The summed E-state index contributed by atoms with van der Waals surface area (Å²) in [7, 11) is 0. The van der Waals surface area contributed by atoms with Crippen molar-refractivity contribution in [1.29, 1.82) is 0 Å². The zero-order chi connectivity index (χ0) is 62.6. The lowest BCUT2D eigenvalue weighted by atomic mass is 9.70. The van der Waals surface area contributed by atoms with Crippen molar-refractivity contribution in [2.45, 2.75) is 10.8 Å². The van der Waals surface area contributed by atoms with Gasteiger partial charge >= 0.3 is 0 Å². The van der Waals surface area contributed by atoms with Gasteiger partial charge in [0.15, 0.2) is 0 Å². The predicted octanol–water partition coefficient (Wildman–Crippen LogP) is 12.1. The van der Waals surface area contributed by atoms with Gasteiger partial charge in [0.1, 0.15) is 10.8 Å². The van der Waals surface area contributed by atoms with Crippen LogP contribution in [0.1, 0.15) is 85.6 Å². The number of rotatable bonds is 7. The van der Waals surface area contributed by atoms with Crippen molar-refractivity contribution < 1.29 is 41.1 Å². The molecule has 0 unspecified atom stereocenters. The van der Waals surface area contributed by atoms with Gasteiger partial charge in [0.25, 0.3) is 0 Å². The lowest BCUT2D eigenvalue weighted by Crippen LogP contribution is -2.27. The molecule has 8 aromatic carbocycles. The van der Waals surface area contributed by atoms with E-state index in [-0.39, 0.29) is 11.1 Å². The van der Waals surface area contributed by atoms with E-state index in [1.54, 1.807) is 0 Å². The second-order valence-corrected chi connectivity index (χ2v) is 11.2. The Balaban J connectivity index is 1.37. The highest BCUT2D eigenvalue weighted by Crippen LogP contribution is 2.40. The molecular formula is C54H38. The van der Waals surface area contributed by atoms with Crippen molar-refractivity contribution in [2.75, 3.05) is 0 Å². The van der Waals surface area contributed by atoms with Crippen LogP contribution >= 0.6 is 0 Å². The van der Waals surface area contributed by atoms with Crippen LogP contribution in [0.2, 0.25) is 0 Å². The van der Waals surface area contributed by atoms with Gasteiger partial charge in [0.2, 0.25) is 0 Å². The van der Waals surface area contributed by atoms with Crippen molar-refractivity contribution in [3.63, 3.8) is 0 Å². The molecule has 0 atom stereocenters. The van der Waals surface area contributed by atoms with Gasteiger partial charge in [-0.3, -0.25) is 0 Å². The van der Waals surface area contributed by atoms with Crippen LogP contribution in [0.3, 0.4) is 0 Å². The lowest BCUT2D eigenvalue weighted by Gasteiger charge is -2.31. The molecule has 254 valence electrons. The maximum absolute atomic E-state index is 9.12. The van der Waals surface area contributed by atoms with Crippen LogP contribution in [0.5, 0.6) is 0 Å². The molecule has 0 nitrogen and oxygen atoms in total. The van der Waals surface area contributed by atoms with Crippen LogP contribution in [0.15, 0.2) is 230 Å². The molecule has 0 aliphatic rings. The van der Waals surface area contributed by atoms with Crippen molar-refractivity contribution in [2.24, 2.45) is 0 Å². The van der Waals surface area contributed by atoms with E-state index < -0.39 is 225 Å². The second kappa shape index (κ2) is 15.6. The van der Waals surface area contributed by atoms with E-state index in [0.717, 1.165) is 0 Å². The molecule has 0 aliphatic heterocycles. The highest BCUT2D eigenvalue weighted by Gasteiger charge is 2.35. The molecule has 0 bridgehead atoms. The number of hydrogen-bond donors (Lipinski definition) is 0. The summed E-state index contributed by atoms with van der Waals surface area (Å²) in [5, 5.41) is 0. The first kappa shape index (κ1) is 14.0. The van der Waals surface area contributed by atoms with Crippen LogP contribution in [0.4, 0.5) is 0 Å². The highest BCUT2D eigenvalue weighted by molar-refractivity contribution is 5.67. The lowest BCUT2D eigenvalue weighted by molar-refractivity contribution is 0.809. The fraction of sp³-hybridized carbons (Fsp3) is 0.0370. The summed E-state index contributed by atoms with van der Waals surface area (Å²) in [4.78, 5) is 0. The third-order valence-corrected chi connectivity index (χ3v) is 8.14. The molecule has 0 fully saturated rings. The Morgan fingerprint density at radius 3 is 0.685 bits per heavy atom. The zero-order valence-electron chi connectivity index (χ0n) is 57.6. The van der Waals surface area contributed by atoms with Gasteiger partial charge in [0, 0.05) is 11.1 Å². The molecule has 0 heterocycles. The van der Waals surface area contributed by atoms with E-state index >= 15 is 0 Å². The molecule has 8 rings (SSSR count). The Labute approximate surface area is 361 Å². The molecule has 0 aromatic heterocycles. The molecule has 0 radical (unpaired) electrons. The normalized spacial score (nSPS) is 18.8. The Morgan fingerprint density at radius 1 is 0.278 bits per heavy atom. The van der Waals surface area contributed by atoms with E-state index in [2.05, 4.69) is 23.7 Å². The molecule has 0 heteroatoms. The average molecular weight is 717 g/mol. The summed E-state index contributed by atoms with van der Waals surface area (Å²) in [5.41, 5.74) is -10.5. The second-order valence-electron chi connectivity index (χ2n) is 11.2. The van der Waals surface area contributed by atoms with Gasteiger partial charge in [-0.15, -0.1) is 0 Å². The zero-order valence-corrected chi connectivity index (χ0v) is 27.6. The highest BCUT2D eigenvalue weighted by atomic mass is 14.4. The molecule has 0 saturated carbocycles. The van der Waals surface area contributed by atoms with E-state index in [0.29, 0.717) is 11.1 Å². The predicted molar refractivity (Wildman–Crippen MR) is 224 cm³/mol. The van der Waals surface area contributed by atoms with Crippen LogP contribution in [-0.2, 0) is 10.8 Å². The van der Waals surface area contributed by atoms with Gasteiger partial charge in [-0.05, 0) is 68.8 Å². The van der Waals surface area contributed by atoms with E-state index in [1.165, 1.54) is 48.5 Å². The first-order chi connectivity index (χ1) is 39.2. The third-order valence-electron chi connectivity index (χ3n) is 8.14. The van der Waals surface area contributed by atoms with Gasteiger partial charge in [0.05, 0.1) is 41.1 Å². The van der Waals surface area contributed by atoms with Crippen LogP contribution in [0.25, 0.3) is 11.1 Å². The maximum atomic E-state index is 9.12. The largest absolute Gasteiger partial charge is 0.107 e. The quantitative estimate of drug-likeness (QED) is 0.114. The summed E-state index contributed by atoms with van der Waals surface area (Å²) in [6.45, 7) is 0. The summed E-state index contributed by atoms with van der Waals surface area (Å²) in [6, 6.07) is -18.3. The first-order valence-corrected chi connectivity index (χ1v) is 15.9. The minimum absolute atomic E-state index is 0.0296. The SMILES string of the molecule is [2H]c1c([2H])c([2H])c(C(C#Cc2ccc(-c3ccc(C#CC(c4c([2H])c([2H])c([2H])c([2H])c4[2H])(c4c([2H])c([2H])c([2H])c([2H])c4[2H])c4c([2H])c([2H])c([2H])c([2H])c4[2H])cc3)cc2)(c2c([2H])c([2H])c([2H])c([2H])c2[2H])c2c([2H])c([2H])c([2H])c([2H])c2[2H])c([2H])c1[2H]. The fourth-order valence-corrected chi connectivity index (χ4v) is 5.57. The Morgan fingerprint density at radius 2 is 0.481 bits per heavy atom. The molecule has 0 aliphatic carbocycles. The smallest absolute Gasteiger partial charge is 0.0765 e. The van der Waals surface area contributed by atoms with Gasteiger partial charge in [-0.1, -0.05) is 229 Å². The first-order valence-electron chi connectivity index (χ1n) is 30.9. The van der Waals surface area contributed by atoms with Crippen molar-refractivity contribution in [3.05, 3.63) is 274 Å². The monoisotopic (exact) mass is 716 g/mol. The molecule has 0 amide bonds. The van der Waals surface area contributed by atoms with Crippen molar-refractivity contribution in [1.82, 2.24) is 0 Å². The summed E-state index contributed by atoms with van der Waals surface area (Å²) < 4.78 is 263. The maximum Gasteiger partial charge on any atom is 0.107 e. The standard InChI is InChI=1S/C54H38/c1-7-19-47(20-8-1)53(48-21-9-2-10-22-48,49-23-11-3-12-24-49)41-39-43-31-35-45(36-32-43)46-37-33-44(34-38-46)40-42-54(50-25-13-4-14-26-50,51-27-15-5-16-28-51)52-29-17-6-18-30-52/h1-38H/i1D,2D,3D,4D,5D,6D,7D,8D,9D,10D,11D,12D,13D,14D,15D,16D,17D,18D,19D,20D,21D,22D,23D,24D,25D,26D,27D,28D,29D,30D. The van der Waals surface area contributed by atoms with E-state index in [1.807, 2.05) is 0 Å². The minimum atomic E-state index is -3.02. The molecule has 8 aromatic rings. The van der Waals surface area contributed by atoms with E-state index in [4.69, 9.17) is 41.1 Å². The molecule has 54 heavy (non-hydrogen) atoms. The summed E-state index contributed by atoms with van der Waals surface area (Å²) >= 11 is 0. The Kier molecular flexibility index (Phi) is 4.06. The molecule has 0 saturated heterocycles. The van der Waals surface area contributed by atoms with E-state index in [9.17, 15) is 0 Å². The van der Waals surface area contributed by atoms with Crippen LogP contribution in [-0.4, -0.2) is 0 Å². The van der Waals surface area contributed by atoms with Gasteiger partial charge in [-0.2, -0.15) is 0 Å². The fourth-order valence-electron chi connectivity index (χ4n) is 5.57. The van der Waals surface area contributed by atoms with Gasteiger partial charge < -0.3 is 0 Å². The van der Waals surface area contributed by atoms with Crippen molar-refractivity contribution >= 4 is 0 Å². The minimum Gasteiger partial charge on any atom is -0.0765 e. The summed E-state index contributed by atoms with van der Waals surface area (Å²) in [6.07, 6.45) is 0. The topological polar surface area (TPSA) is 0 Å². The molecule has 0 spiro atoms. The third kappa shape index (κ3) is 6.78. The van der Waals surface area contributed by atoms with Gasteiger partial charge in [-0.25, -0.2) is 0 Å².